The Morgan fingerprint density at radius 1 is 1.26 bits per heavy atom. The van der Waals surface area contributed by atoms with Gasteiger partial charge in [-0.1, -0.05) is 23.7 Å². The Balaban J connectivity index is 2.21. The summed E-state index contributed by atoms with van der Waals surface area (Å²) in [6, 6.07) is 11.6. The predicted octanol–water partition coefficient (Wildman–Crippen LogP) is 3.87. The third-order valence-corrected chi connectivity index (χ3v) is 3.27. The van der Waals surface area contributed by atoms with Gasteiger partial charge in [0.25, 0.3) is 0 Å². The van der Waals surface area contributed by atoms with Crippen LogP contribution in [0, 0.1) is 12.7 Å². The van der Waals surface area contributed by atoms with Gasteiger partial charge >= 0.3 is 0 Å². The highest BCUT2D eigenvalue weighted by Crippen LogP contribution is 2.25. The van der Waals surface area contributed by atoms with Crippen molar-refractivity contribution >= 4 is 11.6 Å². The van der Waals surface area contributed by atoms with Crippen molar-refractivity contribution in [1.29, 1.82) is 0 Å². The molecule has 0 fully saturated rings. The summed E-state index contributed by atoms with van der Waals surface area (Å²) in [5.41, 5.74) is 7.34. The quantitative estimate of drug-likeness (QED) is 0.922. The number of benzene rings is 2. The van der Waals surface area contributed by atoms with E-state index in [1.807, 2.05) is 13.0 Å². The molecule has 2 rings (SSSR count). The normalized spacial score (nSPS) is 12.2. The fourth-order valence-corrected chi connectivity index (χ4v) is 1.93. The smallest absolute Gasteiger partial charge is 0.136 e. The van der Waals surface area contributed by atoms with Crippen LogP contribution in [-0.2, 0) is 0 Å². The molecule has 100 valence electrons. The van der Waals surface area contributed by atoms with E-state index in [0.717, 1.165) is 11.1 Å². The Morgan fingerprint density at radius 2 is 2.05 bits per heavy atom. The van der Waals surface area contributed by atoms with E-state index in [9.17, 15) is 4.39 Å². The van der Waals surface area contributed by atoms with Gasteiger partial charge in [-0.3, -0.25) is 0 Å². The number of aryl methyl sites for hydroxylation is 1. The van der Waals surface area contributed by atoms with Crippen LogP contribution in [0.2, 0.25) is 5.02 Å². The monoisotopic (exact) mass is 279 g/mol. The molecule has 0 saturated heterocycles. The van der Waals surface area contributed by atoms with E-state index < -0.39 is 0 Å². The molecule has 4 heteroatoms. The minimum absolute atomic E-state index is 0.269. The van der Waals surface area contributed by atoms with E-state index >= 15 is 0 Å². The summed E-state index contributed by atoms with van der Waals surface area (Å²) in [7, 11) is 0. The van der Waals surface area contributed by atoms with Crippen molar-refractivity contribution in [3.8, 4) is 5.75 Å². The lowest BCUT2D eigenvalue weighted by atomic mass is 10.1. The fraction of sp³-hybridized carbons (Fsp3) is 0.200. The fourth-order valence-electron chi connectivity index (χ4n) is 1.81. The van der Waals surface area contributed by atoms with Gasteiger partial charge in [0.1, 0.15) is 17.7 Å². The number of nitrogens with two attached hydrogens (primary N) is 1. The Labute approximate surface area is 117 Å². The zero-order chi connectivity index (χ0) is 13.8. The minimum atomic E-state index is -0.378. The Bertz CT molecular complexity index is 574. The van der Waals surface area contributed by atoms with Gasteiger partial charge in [0.05, 0.1) is 0 Å². The van der Waals surface area contributed by atoms with Crippen molar-refractivity contribution in [3.05, 3.63) is 64.4 Å². The molecule has 2 nitrogen and oxygen atoms in total. The van der Waals surface area contributed by atoms with Crippen LogP contribution >= 0.6 is 11.6 Å². The first-order chi connectivity index (χ1) is 9.10. The first kappa shape index (κ1) is 13.8. The van der Waals surface area contributed by atoms with Crippen LogP contribution < -0.4 is 10.5 Å². The molecule has 19 heavy (non-hydrogen) atoms. The van der Waals surface area contributed by atoms with Crippen molar-refractivity contribution in [1.82, 2.24) is 0 Å². The Morgan fingerprint density at radius 3 is 2.68 bits per heavy atom. The van der Waals surface area contributed by atoms with E-state index in [-0.39, 0.29) is 18.5 Å². The van der Waals surface area contributed by atoms with Gasteiger partial charge < -0.3 is 10.5 Å². The zero-order valence-corrected chi connectivity index (χ0v) is 11.3. The van der Waals surface area contributed by atoms with Crippen molar-refractivity contribution in [3.63, 3.8) is 0 Å². The van der Waals surface area contributed by atoms with Gasteiger partial charge in [0, 0.05) is 11.6 Å². The van der Waals surface area contributed by atoms with Gasteiger partial charge in [-0.15, -0.1) is 0 Å². The first-order valence-electron chi connectivity index (χ1n) is 5.98. The van der Waals surface area contributed by atoms with Crippen molar-refractivity contribution in [2.45, 2.75) is 13.0 Å². The Hall–Kier alpha value is -1.58. The highest BCUT2D eigenvalue weighted by atomic mass is 35.5. The molecule has 0 bridgehead atoms. The molecule has 0 aliphatic rings. The molecule has 0 radical (unpaired) electrons. The van der Waals surface area contributed by atoms with Gasteiger partial charge in [0.2, 0.25) is 0 Å². The largest absolute Gasteiger partial charge is 0.484 e. The molecule has 0 heterocycles. The summed E-state index contributed by atoms with van der Waals surface area (Å²) in [5, 5.41) is 0.683. The summed E-state index contributed by atoms with van der Waals surface area (Å²) >= 11 is 5.96. The van der Waals surface area contributed by atoms with E-state index in [4.69, 9.17) is 22.1 Å². The number of hydrogen-bond donors (Lipinski definition) is 1. The maximum atomic E-state index is 13.2. The molecular weight excluding hydrogens is 265 g/mol. The molecule has 0 aliphatic carbocycles. The lowest BCUT2D eigenvalue weighted by Gasteiger charge is -2.18. The molecule has 2 aromatic carbocycles. The molecule has 0 amide bonds. The third-order valence-electron chi connectivity index (χ3n) is 2.84. The van der Waals surface area contributed by atoms with Crippen LogP contribution in [0.15, 0.2) is 42.5 Å². The van der Waals surface area contributed by atoms with E-state index in [1.54, 1.807) is 24.3 Å². The summed E-state index contributed by atoms with van der Waals surface area (Å²) in [6.07, 6.45) is -0.378. The maximum absolute atomic E-state index is 13.2. The molecule has 0 aliphatic heterocycles. The van der Waals surface area contributed by atoms with Crippen molar-refractivity contribution in [2.24, 2.45) is 5.73 Å². The average molecular weight is 280 g/mol. The van der Waals surface area contributed by atoms with Crippen LogP contribution in [0.3, 0.4) is 0 Å². The highest BCUT2D eigenvalue weighted by molar-refractivity contribution is 6.31. The number of ether oxygens (including phenoxy) is 1. The molecular formula is C15H15ClFNO. The van der Waals surface area contributed by atoms with Crippen LogP contribution in [0.5, 0.6) is 5.75 Å². The lowest BCUT2D eigenvalue weighted by Crippen LogP contribution is -2.18. The topological polar surface area (TPSA) is 35.2 Å². The van der Waals surface area contributed by atoms with Crippen LogP contribution in [0.1, 0.15) is 17.2 Å². The maximum Gasteiger partial charge on any atom is 0.136 e. The van der Waals surface area contributed by atoms with Crippen molar-refractivity contribution < 1.29 is 9.13 Å². The molecule has 2 N–H and O–H groups in total. The molecule has 2 aromatic rings. The van der Waals surface area contributed by atoms with Gasteiger partial charge in [-0.2, -0.15) is 0 Å². The van der Waals surface area contributed by atoms with E-state index in [1.165, 1.54) is 12.1 Å². The second-order valence-corrected chi connectivity index (χ2v) is 4.72. The lowest BCUT2D eigenvalue weighted by molar-refractivity contribution is 0.213. The van der Waals surface area contributed by atoms with Crippen molar-refractivity contribution in [2.75, 3.05) is 6.54 Å². The molecule has 0 aromatic heterocycles. The van der Waals surface area contributed by atoms with Gasteiger partial charge in [-0.25, -0.2) is 4.39 Å². The summed E-state index contributed by atoms with van der Waals surface area (Å²) in [4.78, 5) is 0. The number of hydrogen-bond acceptors (Lipinski definition) is 2. The van der Waals surface area contributed by atoms with Gasteiger partial charge in [0.15, 0.2) is 0 Å². The van der Waals surface area contributed by atoms with Crippen LogP contribution in [0.4, 0.5) is 4.39 Å². The highest BCUT2D eigenvalue weighted by Gasteiger charge is 2.12. The minimum Gasteiger partial charge on any atom is -0.484 e. The first-order valence-corrected chi connectivity index (χ1v) is 6.36. The summed E-state index contributed by atoms with van der Waals surface area (Å²) in [6.45, 7) is 2.17. The molecule has 0 spiro atoms. The van der Waals surface area contributed by atoms with Crippen LogP contribution in [0.25, 0.3) is 0 Å². The van der Waals surface area contributed by atoms with E-state index in [2.05, 4.69) is 0 Å². The van der Waals surface area contributed by atoms with E-state index in [0.29, 0.717) is 10.8 Å². The second-order valence-electron chi connectivity index (χ2n) is 4.31. The van der Waals surface area contributed by atoms with Crippen LogP contribution in [-0.4, -0.2) is 6.54 Å². The SMILES string of the molecule is Cc1cc(OC(CN)c2cccc(F)c2)ccc1Cl. The predicted molar refractivity (Wildman–Crippen MR) is 75.0 cm³/mol. The number of rotatable bonds is 4. The third kappa shape index (κ3) is 3.46. The molecule has 1 unspecified atom stereocenters. The average Bonchev–Trinajstić information content (AvgIpc) is 2.40. The Kier molecular flexibility index (Phi) is 4.40. The zero-order valence-electron chi connectivity index (χ0n) is 10.6. The number of halogens is 2. The van der Waals surface area contributed by atoms with Gasteiger partial charge in [-0.05, 0) is 48.4 Å². The second kappa shape index (κ2) is 6.04. The summed E-state index contributed by atoms with van der Waals surface area (Å²) in [5.74, 6) is 0.369. The standard InChI is InChI=1S/C15H15ClFNO/c1-10-7-13(5-6-14(10)16)19-15(9-18)11-3-2-4-12(17)8-11/h2-8,15H,9,18H2,1H3. The molecule has 1 atom stereocenters. The molecule has 0 saturated carbocycles. The summed E-state index contributed by atoms with van der Waals surface area (Å²) < 4.78 is 19.0.